The summed E-state index contributed by atoms with van der Waals surface area (Å²) in [4.78, 5) is 11.1. The lowest BCUT2D eigenvalue weighted by molar-refractivity contribution is 0.669. The molecule has 0 aliphatic carbocycles. The number of aromatic nitrogens is 4. The van der Waals surface area contributed by atoms with Gasteiger partial charge in [-0.2, -0.15) is 0 Å². The molecule has 0 atom stereocenters. The fourth-order valence-corrected chi connectivity index (χ4v) is 8.60. The van der Waals surface area contributed by atoms with Gasteiger partial charge < -0.3 is 8.98 Å². The summed E-state index contributed by atoms with van der Waals surface area (Å²) in [5.41, 5.74) is 8.84. The molecule has 0 spiro atoms. The van der Waals surface area contributed by atoms with E-state index in [4.69, 9.17) is 14.4 Å². The Bertz CT molecular complexity index is 3460. The molecule has 53 heavy (non-hydrogen) atoms. The van der Waals surface area contributed by atoms with Crippen LogP contribution < -0.4 is 0 Å². The van der Waals surface area contributed by atoms with Crippen molar-refractivity contribution in [2.24, 2.45) is 0 Å². The molecule has 5 nitrogen and oxygen atoms in total. The van der Waals surface area contributed by atoms with Crippen LogP contribution in [0.1, 0.15) is 0 Å². The first-order valence-electron chi connectivity index (χ1n) is 17.9. The van der Waals surface area contributed by atoms with Crippen LogP contribution in [0.5, 0.6) is 0 Å². The lowest BCUT2D eigenvalue weighted by Gasteiger charge is -2.15. The van der Waals surface area contributed by atoms with E-state index >= 15 is 0 Å². The van der Waals surface area contributed by atoms with Gasteiger partial charge in [0.1, 0.15) is 22.2 Å². The van der Waals surface area contributed by atoms with Gasteiger partial charge in [-0.1, -0.05) is 127 Å². The first-order chi connectivity index (χ1) is 26.3. The minimum atomic E-state index is 0.680. The van der Waals surface area contributed by atoms with E-state index in [9.17, 15) is 0 Å². The number of rotatable bonds is 3. The average Bonchev–Trinajstić information content (AvgIpc) is 3.88. The van der Waals surface area contributed by atoms with Gasteiger partial charge in [-0.3, -0.25) is 4.57 Å². The van der Waals surface area contributed by atoms with Crippen molar-refractivity contribution >= 4 is 87.2 Å². The Morgan fingerprint density at radius 1 is 0.415 bits per heavy atom. The minimum Gasteiger partial charge on any atom is -0.456 e. The SMILES string of the molecule is c1ccc(-c2nc(-n3c4ccccc4c4c5c(ccc43)oc3ccccc35)c3c(n2)c2c4ccccc4ccc2n3-c2ccc3ccccc3c2)cc1. The molecule has 246 valence electrons. The summed E-state index contributed by atoms with van der Waals surface area (Å²) in [6.07, 6.45) is 0. The number of furan rings is 1. The molecular weight excluding hydrogens is 649 g/mol. The zero-order valence-corrected chi connectivity index (χ0v) is 28.4. The van der Waals surface area contributed by atoms with Crippen LogP contribution in [-0.2, 0) is 0 Å². The molecule has 0 saturated heterocycles. The minimum absolute atomic E-state index is 0.680. The van der Waals surface area contributed by atoms with E-state index < -0.39 is 0 Å². The van der Waals surface area contributed by atoms with Gasteiger partial charge in [-0.15, -0.1) is 0 Å². The molecule has 0 unspecified atom stereocenters. The fourth-order valence-electron chi connectivity index (χ4n) is 8.60. The van der Waals surface area contributed by atoms with Gasteiger partial charge in [-0.05, 0) is 64.0 Å². The Morgan fingerprint density at radius 2 is 1.09 bits per heavy atom. The second-order valence-electron chi connectivity index (χ2n) is 13.8. The van der Waals surface area contributed by atoms with Crippen LogP contribution in [-0.4, -0.2) is 19.1 Å². The molecule has 12 aromatic rings. The van der Waals surface area contributed by atoms with Gasteiger partial charge in [0.05, 0.1) is 16.6 Å². The Kier molecular flexibility index (Phi) is 5.71. The van der Waals surface area contributed by atoms with Crippen molar-refractivity contribution in [1.29, 1.82) is 0 Å². The van der Waals surface area contributed by atoms with E-state index in [0.717, 1.165) is 88.1 Å². The van der Waals surface area contributed by atoms with E-state index in [-0.39, 0.29) is 0 Å². The summed E-state index contributed by atoms with van der Waals surface area (Å²) in [5, 5.41) is 10.3. The summed E-state index contributed by atoms with van der Waals surface area (Å²) in [6, 6.07) is 60.0. The average molecular weight is 677 g/mol. The molecule has 8 aromatic carbocycles. The summed E-state index contributed by atoms with van der Waals surface area (Å²) < 4.78 is 11.1. The Balaban J connectivity index is 1.33. The standard InChI is InChI=1S/C48H28N4O/c1-2-14-31(15-3-1)47-49-45-43-34-17-7-6-13-30(34)23-25-39(43)51(33-24-22-29-12-4-5-16-32(29)28-33)46(45)48(50-47)52-37-20-10-8-18-35(37)42-38(52)26-27-41-44(42)36-19-9-11-21-40(36)53-41/h1-28H. The largest absolute Gasteiger partial charge is 0.456 e. The van der Waals surface area contributed by atoms with Crippen LogP contribution in [0.25, 0.3) is 110 Å². The first kappa shape index (κ1) is 28.5. The molecule has 0 N–H and O–H groups in total. The third kappa shape index (κ3) is 3.96. The Hall–Kier alpha value is -7.24. The van der Waals surface area contributed by atoms with Crippen molar-refractivity contribution in [2.75, 3.05) is 0 Å². The van der Waals surface area contributed by atoms with Crippen molar-refractivity contribution in [1.82, 2.24) is 19.1 Å². The number of hydrogen-bond acceptors (Lipinski definition) is 3. The molecule has 0 amide bonds. The molecule has 4 heterocycles. The second-order valence-corrected chi connectivity index (χ2v) is 13.8. The highest BCUT2D eigenvalue weighted by molar-refractivity contribution is 6.28. The number of fused-ring (bicyclic) bond motifs is 13. The number of para-hydroxylation sites is 2. The van der Waals surface area contributed by atoms with E-state index in [2.05, 4.69) is 161 Å². The van der Waals surface area contributed by atoms with Crippen LogP contribution in [0.15, 0.2) is 174 Å². The van der Waals surface area contributed by atoms with Crippen LogP contribution in [0, 0.1) is 0 Å². The highest BCUT2D eigenvalue weighted by Gasteiger charge is 2.26. The molecule has 12 rings (SSSR count). The third-order valence-electron chi connectivity index (χ3n) is 10.9. The van der Waals surface area contributed by atoms with Gasteiger partial charge in [0.15, 0.2) is 11.6 Å². The second kappa shape index (κ2) is 10.6. The molecular formula is C48H28N4O. The van der Waals surface area contributed by atoms with Crippen LogP contribution in [0.2, 0.25) is 0 Å². The zero-order chi connectivity index (χ0) is 34.6. The molecule has 5 heteroatoms. The maximum absolute atomic E-state index is 6.43. The van der Waals surface area contributed by atoms with Gasteiger partial charge in [-0.25, -0.2) is 9.97 Å². The van der Waals surface area contributed by atoms with Gasteiger partial charge in [0, 0.05) is 38.2 Å². The predicted octanol–water partition coefficient (Wildman–Crippen LogP) is 12.5. The van der Waals surface area contributed by atoms with Gasteiger partial charge >= 0.3 is 0 Å². The summed E-state index contributed by atoms with van der Waals surface area (Å²) in [7, 11) is 0. The number of hydrogen-bond donors (Lipinski definition) is 0. The van der Waals surface area contributed by atoms with E-state index in [0.29, 0.717) is 5.82 Å². The van der Waals surface area contributed by atoms with Crippen molar-refractivity contribution in [3.63, 3.8) is 0 Å². The lowest BCUT2D eigenvalue weighted by Crippen LogP contribution is -2.05. The van der Waals surface area contributed by atoms with E-state index in [1.54, 1.807) is 0 Å². The topological polar surface area (TPSA) is 48.8 Å². The van der Waals surface area contributed by atoms with Gasteiger partial charge in [0.2, 0.25) is 0 Å². The van der Waals surface area contributed by atoms with Gasteiger partial charge in [0.25, 0.3) is 0 Å². The predicted molar refractivity (Wildman–Crippen MR) is 218 cm³/mol. The monoisotopic (exact) mass is 676 g/mol. The number of nitrogens with zero attached hydrogens (tertiary/aromatic N) is 4. The quantitative estimate of drug-likeness (QED) is 0.187. The maximum atomic E-state index is 6.43. The van der Waals surface area contributed by atoms with E-state index in [1.165, 1.54) is 16.2 Å². The van der Waals surface area contributed by atoms with Crippen LogP contribution >= 0.6 is 0 Å². The molecule has 0 aliphatic rings. The van der Waals surface area contributed by atoms with Crippen LogP contribution in [0.3, 0.4) is 0 Å². The molecule has 0 saturated carbocycles. The smallest absolute Gasteiger partial charge is 0.166 e. The summed E-state index contributed by atoms with van der Waals surface area (Å²) in [5.74, 6) is 1.50. The van der Waals surface area contributed by atoms with E-state index in [1.807, 2.05) is 18.2 Å². The number of benzene rings is 8. The molecule has 0 radical (unpaired) electrons. The third-order valence-corrected chi connectivity index (χ3v) is 10.9. The lowest BCUT2D eigenvalue weighted by atomic mass is 10.1. The normalized spacial score (nSPS) is 12.2. The molecule has 0 aliphatic heterocycles. The maximum Gasteiger partial charge on any atom is 0.166 e. The van der Waals surface area contributed by atoms with Crippen molar-refractivity contribution in [3.8, 4) is 22.9 Å². The highest BCUT2D eigenvalue weighted by Crippen LogP contribution is 2.44. The summed E-state index contributed by atoms with van der Waals surface area (Å²) >= 11 is 0. The molecule has 4 aromatic heterocycles. The Morgan fingerprint density at radius 3 is 1.98 bits per heavy atom. The van der Waals surface area contributed by atoms with Crippen molar-refractivity contribution in [2.45, 2.75) is 0 Å². The molecule has 0 fully saturated rings. The fraction of sp³-hybridized carbons (Fsp3) is 0. The Labute approximate surface area is 302 Å². The van der Waals surface area contributed by atoms with Crippen molar-refractivity contribution in [3.05, 3.63) is 170 Å². The zero-order valence-electron chi connectivity index (χ0n) is 28.4. The van der Waals surface area contributed by atoms with Crippen LogP contribution in [0.4, 0.5) is 0 Å². The molecule has 0 bridgehead atoms. The van der Waals surface area contributed by atoms with Crippen molar-refractivity contribution < 1.29 is 4.42 Å². The first-order valence-corrected chi connectivity index (χ1v) is 17.9. The highest BCUT2D eigenvalue weighted by atomic mass is 16.3. The summed E-state index contributed by atoms with van der Waals surface area (Å²) in [6.45, 7) is 0.